The number of nitrogens with two attached hydrogens (primary N) is 1. The summed E-state index contributed by atoms with van der Waals surface area (Å²) in [5.74, 6) is 1.08. The number of ether oxygens (including phenoxy) is 1. The fraction of sp³-hybridized carbons (Fsp3) is 0.800. The van der Waals surface area contributed by atoms with Crippen LogP contribution in [-0.2, 0) is 11.3 Å². The van der Waals surface area contributed by atoms with Crippen molar-refractivity contribution < 1.29 is 4.74 Å². The molecular formula is C10H18N4O. The third-order valence-electron chi connectivity index (χ3n) is 2.77. The predicted molar refractivity (Wildman–Crippen MR) is 57.2 cm³/mol. The Bertz CT molecular complexity index is 315. The van der Waals surface area contributed by atoms with Crippen molar-refractivity contribution >= 4 is 5.82 Å². The van der Waals surface area contributed by atoms with E-state index in [9.17, 15) is 0 Å². The van der Waals surface area contributed by atoms with Gasteiger partial charge in [-0.1, -0.05) is 0 Å². The van der Waals surface area contributed by atoms with E-state index in [2.05, 4.69) is 24.0 Å². The molecule has 2 atom stereocenters. The monoisotopic (exact) mass is 210 g/mol. The molecule has 1 aliphatic rings. The zero-order valence-electron chi connectivity index (χ0n) is 9.26. The Morgan fingerprint density at radius 3 is 2.67 bits per heavy atom. The molecule has 15 heavy (non-hydrogen) atoms. The van der Waals surface area contributed by atoms with Gasteiger partial charge in [0.15, 0.2) is 5.82 Å². The molecule has 5 nitrogen and oxygen atoms in total. The second-order valence-corrected chi connectivity index (χ2v) is 4.42. The molecule has 1 saturated heterocycles. The summed E-state index contributed by atoms with van der Waals surface area (Å²) in [7, 11) is 0. The van der Waals surface area contributed by atoms with Gasteiger partial charge in [0.2, 0.25) is 0 Å². The number of aromatic nitrogens is 3. The van der Waals surface area contributed by atoms with Gasteiger partial charge in [-0.25, -0.2) is 0 Å². The highest BCUT2D eigenvalue weighted by atomic mass is 16.5. The summed E-state index contributed by atoms with van der Waals surface area (Å²) in [5, 5.41) is 8.20. The average Bonchev–Trinajstić information content (AvgIpc) is 2.49. The zero-order chi connectivity index (χ0) is 10.8. The molecule has 2 N–H and O–H groups in total. The van der Waals surface area contributed by atoms with E-state index in [0.29, 0.717) is 23.9 Å². The maximum atomic E-state index is 5.68. The Labute approximate surface area is 89.6 Å². The first kappa shape index (κ1) is 10.4. The molecule has 0 spiro atoms. The van der Waals surface area contributed by atoms with Crippen LogP contribution in [0.5, 0.6) is 0 Å². The van der Waals surface area contributed by atoms with E-state index in [1.165, 1.54) is 0 Å². The summed E-state index contributed by atoms with van der Waals surface area (Å²) >= 11 is 0. The van der Waals surface area contributed by atoms with Crippen molar-refractivity contribution in [2.24, 2.45) is 5.92 Å². The molecule has 2 unspecified atom stereocenters. The summed E-state index contributed by atoms with van der Waals surface area (Å²) in [6.07, 6.45) is 4.42. The van der Waals surface area contributed by atoms with Crippen LogP contribution in [0.15, 0.2) is 6.20 Å². The van der Waals surface area contributed by atoms with Crippen LogP contribution in [-0.4, -0.2) is 27.2 Å². The Hall–Kier alpha value is -1.10. The van der Waals surface area contributed by atoms with Crippen molar-refractivity contribution in [3.05, 3.63) is 6.20 Å². The van der Waals surface area contributed by atoms with E-state index in [0.717, 1.165) is 19.4 Å². The smallest absolute Gasteiger partial charge is 0.165 e. The molecule has 0 aliphatic carbocycles. The molecule has 0 radical (unpaired) electrons. The molecule has 0 amide bonds. The van der Waals surface area contributed by atoms with E-state index < -0.39 is 0 Å². The topological polar surface area (TPSA) is 66.0 Å². The van der Waals surface area contributed by atoms with Gasteiger partial charge in [0.25, 0.3) is 0 Å². The van der Waals surface area contributed by atoms with Crippen LogP contribution in [0.4, 0.5) is 5.82 Å². The minimum absolute atomic E-state index is 0.339. The lowest BCUT2D eigenvalue weighted by Gasteiger charge is -2.31. The van der Waals surface area contributed by atoms with Crippen molar-refractivity contribution in [1.29, 1.82) is 0 Å². The summed E-state index contributed by atoms with van der Waals surface area (Å²) in [4.78, 5) is 1.69. The van der Waals surface area contributed by atoms with Gasteiger partial charge >= 0.3 is 0 Å². The molecule has 1 aromatic heterocycles. The summed E-state index contributed by atoms with van der Waals surface area (Å²) in [6.45, 7) is 5.08. The van der Waals surface area contributed by atoms with E-state index in [4.69, 9.17) is 10.5 Å². The highest BCUT2D eigenvalue weighted by molar-refractivity contribution is 5.19. The number of rotatable bonds is 2. The summed E-state index contributed by atoms with van der Waals surface area (Å²) < 4.78 is 5.68. The van der Waals surface area contributed by atoms with Crippen LogP contribution in [0.3, 0.4) is 0 Å². The van der Waals surface area contributed by atoms with Gasteiger partial charge in [-0.3, -0.25) is 0 Å². The quantitative estimate of drug-likeness (QED) is 0.792. The second kappa shape index (κ2) is 4.18. The standard InChI is InChI=1S/C10H18N4O/c1-7-3-9(4-8(2)15-7)6-14-12-5-10(11)13-14/h5,7-9H,3-4,6H2,1-2H3,(H2,11,13). The number of hydrogen-bond acceptors (Lipinski definition) is 4. The summed E-state index contributed by atoms with van der Waals surface area (Å²) in [6, 6.07) is 0. The van der Waals surface area contributed by atoms with Crippen LogP contribution in [0.2, 0.25) is 0 Å². The Balaban J connectivity index is 1.94. The van der Waals surface area contributed by atoms with Crippen LogP contribution in [0.25, 0.3) is 0 Å². The largest absolute Gasteiger partial charge is 0.381 e. The Morgan fingerprint density at radius 2 is 2.13 bits per heavy atom. The van der Waals surface area contributed by atoms with Gasteiger partial charge in [0.1, 0.15) is 0 Å². The minimum atomic E-state index is 0.339. The van der Waals surface area contributed by atoms with Crippen molar-refractivity contribution in [3.8, 4) is 0 Å². The number of nitrogen functional groups attached to an aromatic ring is 1. The Kier molecular flexibility index (Phi) is 2.90. The lowest BCUT2D eigenvalue weighted by atomic mass is 9.93. The second-order valence-electron chi connectivity index (χ2n) is 4.42. The molecule has 1 aliphatic heterocycles. The highest BCUT2D eigenvalue weighted by Crippen LogP contribution is 2.25. The van der Waals surface area contributed by atoms with Crippen molar-refractivity contribution in [1.82, 2.24) is 15.0 Å². The lowest BCUT2D eigenvalue weighted by Crippen LogP contribution is -2.31. The lowest BCUT2D eigenvalue weighted by molar-refractivity contribution is -0.0560. The average molecular weight is 210 g/mol. The normalized spacial score (nSPS) is 31.7. The third kappa shape index (κ3) is 2.68. The van der Waals surface area contributed by atoms with Crippen molar-refractivity contribution in [2.75, 3.05) is 5.73 Å². The maximum Gasteiger partial charge on any atom is 0.165 e. The van der Waals surface area contributed by atoms with E-state index in [1.54, 1.807) is 11.0 Å². The SMILES string of the molecule is CC1CC(Cn2ncc(N)n2)CC(C)O1. The molecule has 0 saturated carbocycles. The van der Waals surface area contributed by atoms with Crippen molar-refractivity contribution in [3.63, 3.8) is 0 Å². The number of anilines is 1. The first-order valence-corrected chi connectivity index (χ1v) is 5.44. The first-order chi connectivity index (χ1) is 7.13. The molecule has 2 rings (SSSR count). The van der Waals surface area contributed by atoms with Gasteiger partial charge < -0.3 is 10.5 Å². The van der Waals surface area contributed by atoms with E-state index >= 15 is 0 Å². The highest BCUT2D eigenvalue weighted by Gasteiger charge is 2.25. The van der Waals surface area contributed by atoms with Crippen LogP contribution in [0.1, 0.15) is 26.7 Å². The first-order valence-electron chi connectivity index (χ1n) is 5.44. The molecule has 0 bridgehead atoms. The zero-order valence-corrected chi connectivity index (χ0v) is 9.26. The number of hydrogen-bond donors (Lipinski definition) is 1. The Morgan fingerprint density at radius 1 is 1.47 bits per heavy atom. The molecule has 5 heteroatoms. The minimum Gasteiger partial charge on any atom is -0.381 e. The molecule has 84 valence electrons. The fourth-order valence-corrected chi connectivity index (χ4v) is 2.32. The molecular weight excluding hydrogens is 192 g/mol. The van der Waals surface area contributed by atoms with Gasteiger partial charge in [-0.05, 0) is 32.6 Å². The van der Waals surface area contributed by atoms with Gasteiger partial charge in [0.05, 0.1) is 24.9 Å². The molecule has 2 heterocycles. The van der Waals surface area contributed by atoms with Gasteiger partial charge in [-0.15, -0.1) is 5.10 Å². The van der Waals surface area contributed by atoms with E-state index in [-0.39, 0.29) is 0 Å². The predicted octanol–water partition coefficient (Wildman–Crippen LogP) is 1.06. The third-order valence-corrected chi connectivity index (χ3v) is 2.77. The summed E-state index contributed by atoms with van der Waals surface area (Å²) in [5.41, 5.74) is 5.52. The molecule has 1 aromatic rings. The molecule has 0 aromatic carbocycles. The fourth-order valence-electron chi connectivity index (χ4n) is 2.32. The van der Waals surface area contributed by atoms with Gasteiger partial charge in [-0.2, -0.15) is 9.90 Å². The van der Waals surface area contributed by atoms with Crippen LogP contribution >= 0.6 is 0 Å². The maximum absolute atomic E-state index is 5.68. The number of nitrogens with zero attached hydrogens (tertiary/aromatic N) is 3. The van der Waals surface area contributed by atoms with E-state index in [1.807, 2.05) is 0 Å². The van der Waals surface area contributed by atoms with Gasteiger partial charge in [0, 0.05) is 0 Å². The van der Waals surface area contributed by atoms with Crippen molar-refractivity contribution in [2.45, 2.75) is 45.4 Å². The van der Waals surface area contributed by atoms with Crippen LogP contribution in [0, 0.1) is 5.92 Å². The molecule has 1 fully saturated rings. The van der Waals surface area contributed by atoms with Crippen LogP contribution < -0.4 is 5.73 Å².